The van der Waals surface area contributed by atoms with Gasteiger partial charge in [-0.3, -0.25) is 0 Å². The molecule has 1 amide bonds. The minimum absolute atomic E-state index is 0.0588. The van der Waals surface area contributed by atoms with Crippen molar-refractivity contribution < 1.29 is 9.90 Å². The number of carbonyl (C=O) groups is 1. The lowest BCUT2D eigenvalue weighted by Crippen LogP contribution is -2.39. The Bertz CT molecular complexity index is 733. The topological polar surface area (TPSA) is 130 Å². The Balaban J connectivity index is 2.39. The predicted octanol–water partition coefficient (Wildman–Crippen LogP) is 1.09. The summed E-state index contributed by atoms with van der Waals surface area (Å²) in [7, 11) is 0. The van der Waals surface area contributed by atoms with Crippen LogP contribution < -0.4 is 11.1 Å². The van der Waals surface area contributed by atoms with E-state index in [1.54, 1.807) is 19.1 Å². The number of aromatic nitrogens is 3. The van der Waals surface area contributed by atoms with E-state index in [9.17, 15) is 4.79 Å². The number of rotatable bonds is 4. The highest BCUT2D eigenvalue weighted by molar-refractivity contribution is 6.31. The molecule has 1 aromatic heterocycles. The van der Waals surface area contributed by atoms with Gasteiger partial charge in [0.15, 0.2) is 0 Å². The van der Waals surface area contributed by atoms with Crippen LogP contribution in [-0.4, -0.2) is 31.7 Å². The second-order valence-corrected chi connectivity index (χ2v) is 5.29. The van der Waals surface area contributed by atoms with Crippen LogP contribution in [-0.2, 0) is 13.1 Å². The molecule has 0 radical (unpaired) electrons. The van der Waals surface area contributed by atoms with Crippen LogP contribution in [0, 0.1) is 11.3 Å². The van der Waals surface area contributed by atoms with E-state index in [0.29, 0.717) is 21.6 Å². The molecular weight excluding hydrogens is 296 g/mol. The van der Waals surface area contributed by atoms with Gasteiger partial charge in [-0.15, -0.1) is 0 Å². The van der Waals surface area contributed by atoms with Crippen LogP contribution in [0.3, 0.4) is 0 Å². The van der Waals surface area contributed by atoms with E-state index >= 15 is 0 Å². The Hall–Kier alpha value is -2.37. The van der Waals surface area contributed by atoms with Gasteiger partial charge in [0.05, 0.1) is 12.6 Å². The molecule has 0 aliphatic rings. The molecule has 0 bridgehead atoms. The third-order valence-electron chi connectivity index (χ3n) is 2.73. The molecule has 1 aromatic carbocycles. The van der Waals surface area contributed by atoms with Gasteiger partial charge in [-0.2, -0.15) is 20.3 Å². The molecule has 2 rings (SSSR count). The Labute approximate surface area is 125 Å². The average molecular weight is 309 g/mol. The van der Waals surface area contributed by atoms with Gasteiger partial charge in [-0.1, -0.05) is 11.6 Å². The van der Waals surface area contributed by atoms with Crippen molar-refractivity contribution in [3.8, 4) is 6.07 Å². The highest BCUT2D eigenvalue weighted by Crippen LogP contribution is 2.21. The van der Waals surface area contributed by atoms with Crippen molar-refractivity contribution in [2.45, 2.75) is 25.6 Å². The molecule has 0 aliphatic carbocycles. The van der Waals surface area contributed by atoms with Gasteiger partial charge in [0, 0.05) is 17.1 Å². The van der Waals surface area contributed by atoms with Crippen molar-refractivity contribution in [2.24, 2.45) is 5.73 Å². The summed E-state index contributed by atoms with van der Waals surface area (Å²) in [6.45, 7) is 1.74. The number of hydrogen-bond donors (Lipinski definition) is 3. The molecule has 0 saturated carbocycles. The van der Waals surface area contributed by atoms with Crippen LogP contribution in [0.2, 0.25) is 5.02 Å². The number of nitriles is 1. The first-order valence-corrected chi connectivity index (χ1v) is 6.39. The first kappa shape index (κ1) is 15.0. The van der Waals surface area contributed by atoms with E-state index in [-0.39, 0.29) is 13.1 Å². The SMILES string of the molecule is CC(N)(C#N)Cn1nc2cc(Cl)cc(CNC(=O)O)c2n1. The lowest BCUT2D eigenvalue weighted by Gasteiger charge is -2.13. The number of halogens is 1. The van der Waals surface area contributed by atoms with Crippen LogP contribution in [0.25, 0.3) is 11.0 Å². The maximum atomic E-state index is 10.6. The van der Waals surface area contributed by atoms with E-state index in [1.807, 2.05) is 6.07 Å². The number of hydrogen-bond acceptors (Lipinski definition) is 5. The minimum atomic E-state index is -1.14. The Morgan fingerprint density at radius 3 is 2.95 bits per heavy atom. The maximum Gasteiger partial charge on any atom is 0.404 e. The van der Waals surface area contributed by atoms with Gasteiger partial charge in [-0.25, -0.2) is 4.79 Å². The van der Waals surface area contributed by atoms with Gasteiger partial charge in [0.1, 0.15) is 16.6 Å². The summed E-state index contributed by atoms with van der Waals surface area (Å²) in [6.07, 6.45) is -1.14. The fraction of sp³-hybridized carbons (Fsp3) is 0.333. The largest absolute Gasteiger partial charge is 0.465 e. The van der Waals surface area contributed by atoms with Gasteiger partial charge in [0.25, 0.3) is 0 Å². The molecule has 2 aromatic rings. The summed E-state index contributed by atoms with van der Waals surface area (Å²) in [5.74, 6) is 0. The molecule has 1 heterocycles. The van der Waals surface area contributed by atoms with E-state index in [1.165, 1.54) is 4.80 Å². The number of nitrogens with one attached hydrogen (secondary N) is 1. The van der Waals surface area contributed by atoms with Gasteiger partial charge in [0.2, 0.25) is 0 Å². The van der Waals surface area contributed by atoms with E-state index < -0.39 is 11.6 Å². The van der Waals surface area contributed by atoms with Crippen LogP contribution in [0.5, 0.6) is 0 Å². The second kappa shape index (κ2) is 5.55. The Kier molecular flexibility index (Phi) is 3.97. The summed E-state index contributed by atoms with van der Waals surface area (Å²) in [4.78, 5) is 11.9. The second-order valence-electron chi connectivity index (χ2n) is 4.85. The van der Waals surface area contributed by atoms with Gasteiger partial charge < -0.3 is 16.2 Å². The lowest BCUT2D eigenvalue weighted by molar-refractivity contribution is 0.194. The smallest absolute Gasteiger partial charge is 0.404 e. The molecular formula is C12H13ClN6O2. The number of nitrogens with two attached hydrogens (primary N) is 1. The number of nitrogens with zero attached hydrogens (tertiary/aromatic N) is 4. The summed E-state index contributed by atoms with van der Waals surface area (Å²) in [5, 5.41) is 28.7. The van der Waals surface area contributed by atoms with Crippen molar-refractivity contribution in [3.05, 3.63) is 22.7 Å². The Morgan fingerprint density at radius 1 is 1.62 bits per heavy atom. The zero-order chi connectivity index (χ0) is 15.6. The monoisotopic (exact) mass is 308 g/mol. The van der Waals surface area contributed by atoms with Crippen molar-refractivity contribution in [1.29, 1.82) is 5.26 Å². The molecule has 0 fully saturated rings. The van der Waals surface area contributed by atoms with Crippen LogP contribution in [0.15, 0.2) is 12.1 Å². The summed E-state index contributed by atoms with van der Waals surface area (Å²) in [6, 6.07) is 5.19. The third kappa shape index (κ3) is 3.59. The van der Waals surface area contributed by atoms with Crippen LogP contribution in [0.4, 0.5) is 4.79 Å². The molecule has 110 valence electrons. The fourth-order valence-corrected chi connectivity index (χ4v) is 2.03. The highest BCUT2D eigenvalue weighted by atomic mass is 35.5. The summed E-state index contributed by atoms with van der Waals surface area (Å²) < 4.78 is 0. The molecule has 0 aliphatic heterocycles. The average Bonchev–Trinajstić information content (AvgIpc) is 2.77. The number of amides is 1. The standard InChI is InChI=1S/C12H13ClN6O2/c1-12(15,5-14)6-19-17-9-3-8(13)2-7(10(9)18-19)4-16-11(20)21/h2-3,16H,4,6,15H2,1H3,(H,20,21). The molecule has 21 heavy (non-hydrogen) atoms. The van der Waals surface area contributed by atoms with Crippen LogP contribution in [0.1, 0.15) is 12.5 Å². The fourth-order valence-electron chi connectivity index (χ4n) is 1.80. The number of benzene rings is 1. The predicted molar refractivity (Wildman–Crippen MR) is 75.6 cm³/mol. The molecule has 1 unspecified atom stereocenters. The van der Waals surface area contributed by atoms with E-state index in [4.69, 9.17) is 27.7 Å². The number of fused-ring (bicyclic) bond motifs is 1. The van der Waals surface area contributed by atoms with Crippen molar-refractivity contribution in [3.63, 3.8) is 0 Å². The van der Waals surface area contributed by atoms with E-state index in [0.717, 1.165) is 0 Å². The zero-order valence-corrected chi connectivity index (χ0v) is 11.9. The van der Waals surface area contributed by atoms with Crippen molar-refractivity contribution in [2.75, 3.05) is 0 Å². The minimum Gasteiger partial charge on any atom is -0.465 e. The molecule has 9 heteroatoms. The quantitative estimate of drug-likeness (QED) is 0.775. The number of carboxylic acid groups (broad SMARTS) is 1. The first-order chi connectivity index (χ1) is 9.80. The molecule has 1 atom stereocenters. The van der Waals surface area contributed by atoms with E-state index in [2.05, 4.69) is 15.5 Å². The highest BCUT2D eigenvalue weighted by Gasteiger charge is 2.20. The summed E-state index contributed by atoms with van der Waals surface area (Å²) >= 11 is 5.98. The molecule has 0 saturated heterocycles. The van der Waals surface area contributed by atoms with Gasteiger partial charge in [-0.05, 0) is 19.1 Å². The maximum absolute atomic E-state index is 10.6. The van der Waals surface area contributed by atoms with Crippen molar-refractivity contribution in [1.82, 2.24) is 20.3 Å². The molecule has 4 N–H and O–H groups in total. The third-order valence-corrected chi connectivity index (χ3v) is 2.95. The normalized spacial score (nSPS) is 13.6. The Morgan fingerprint density at radius 2 is 2.33 bits per heavy atom. The zero-order valence-electron chi connectivity index (χ0n) is 11.2. The lowest BCUT2D eigenvalue weighted by atomic mass is 10.1. The van der Waals surface area contributed by atoms with Crippen LogP contribution >= 0.6 is 11.6 Å². The molecule has 8 nitrogen and oxygen atoms in total. The van der Waals surface area contributed by atoms with Crippen molar-refractivity contribution >= 4 is 28.7 Å². The summed E-state index contributed by atoms with van der Waals surface area (Å²) in [5.41, 5.74) is 6.29. The molecule has 0 spiro atoms. The first-order valence-electron chi connectivity index (χ1n) is 6.01. The van der Waals surface area contributed by atoms with Gasteiger partial charge >= 0.3 is 6.09 Å².